The van der Waals surface area contributed by atoms with Crippen molar-refractivity contribution in [3.63, 3.8) is 0 Å². The summed E-state index contributed by atoms with van der Waals surface area (Å²) in [6, 6.07) is 2.22. The van der Waals surface area contributed by atoms with Crippen molar-refractivity contribution in [3.8, 4) is 0 Å². The van der Waals surface area contributed by atoms with Gasteiger partial charge in [0.25, 0.3) is 0 Å². The van der Waals surface area contributed by atoms with Gasteiger partial charge in [-0.1, -0.05) is 33.1 Å². The van der Waals surface area contributed by atoms with E-state index in [1.165, 1.54) is 32.1 Å². The van der Waals surface area contributed by atoms with Gasteiger partial charge in [0.15, 0.2) is 0 Å². The molecule has 1 saturated carbocycles. The van der Waals surface area contributed by atoms with E-state index in [1.54, 1.807) is 6.04 Å². The lowest BCUT2D eigenvalue weighted by atomic mass is 9.95. The Balaban J connectivity index is 2.13. The Bertz CT molecular complexity index is 82.7. The van der Waals surface area contributed by atoms with Crippen LogP contribution in [0.1, 0.15) is 46.0 Å². The van der Waals surface area contributed by atoms with Crippen molar-refractivity contribution in [1.29, 1.82) is 0 Å². The fourth-order valence-electron chi connectivity index (χ4n) is 1.53. The van der Waals surface area contributed by atoms with Crippen LogP contribution in [-0.4, -0.2) is 6.04 Å². The Labute approximate surface area is 64.2 Å². The molecule has 1 radical (unpaired) electrons. The summed E-state index contributed by atoms with van der Waals surface area (Å²) in [4.78, 5) is 0. The normalized spacial score (nSPS) is 21.9. The molecule has 0 aromatic rings. The maximum Gasteiger partial charge on any atom is 0.0366 e. The van der Waals surface area contributed by atoms with Gasteiger partial charge in [-0.3, -0.25) is 0 Å². The summed E-state index contributed by atoms with van der Waals surface area (Å²) < 4.78 is 0. The van der Waals surface area contributed by atoms with E-state index in [9.17, 15) is 0 Å². The topological polar surface area (TPSA) is 12.0 Å². The van der Waals surface area contributed by atoms with Crippen molar-refractivity contribution in [1.82, 2.24) is 5.32 Å². The van der Waals surface area contributed by atoms with Crippen LogP contribution >= 0.6 is 0 Å². The summed E-state index contributed by atoms with van der Waals surface area (Å²) in [6.45, 7) is 4.42. The largest absolute Gasteiger partial charge is 0.307 e. The average Bonchev–Trinajstić information content (AvgIpc) is 1.88. The van der Waals surface area contributed by atoms with E-state index in [4.69, 9.17) is 0 Å². The molecular weight excluding hydrogens is 122 g/mol. The first kappa shape index (κ1) is 8.06. The van der Waals surface area contributed by atoms with Crippen LogP contribution in [0.4, 0.5) is 0 Å². The van der Waals surface area contributed by atoms with E-state index in [-0.39, 0.29) is 0 Å². The van der Waals surface area contributed by atoms with Crippen LogP contribution < -0.4 is 5.32 Å². The van der Waals surface area contributed by atoms with E-state index in [0.29, 0.717) is 6.04 Å². The number of nitrogens with one attached hydrogen (secondary N) is 1. The number of hydrogen-bond donors (Lipinski definition) is 1. The van der Waals surface area contributed by atoms with Crippen LogP contribution in [0.15, 0.2) is 0 Å². The maximum atomic E-state index is 3.50. The Morgan fingerprint density at radius 3 is 2.20 bits per heavy atom. The van der Waals surface area contributed by atoms with E-state index in [2.05, 4.69) is 19.2 Å². The van der Waals surface area contributed by atoms with Crippen LogP contribution in [-0.2, 0) is 0 Å². The second-order valence-electron chi connectivity index (χ2n) is 3.46. The van der Waals surface area contributed by atoms with Crippen LogP contribution in [0, 0.1) is 6.04 Å². The molecule has 1 aliphatic carbocycles. The van der Waals surface area contributed by atoms with Gasteiger partial charge in [0.2, 0.25) is 0 Å². The summed E-state index contributed by atoms with van der Waals surface area (Å²) in [5.41, 5.74) is 0. The molecule has 0 saturated heterocycles. The molecule has 0 aromatic carbocycles. The molecule has 0 heterocycles. The van der Waals surface area contributed by atoms with Gasteiger partial charge >= 0.3 is 0 Å². The molecule has 0 atom stereocenters. The highest BCUT2D eigenvalue weighted by Gasteiger charge is 2.13. The monoisotopic (exact) mass is 140 g/mol. The van der Waals surface area contributed by atoms with E-state index in [1.807, 2.05) is 0 Å². The lowest BCUT2D eigenvalue weighted by molar-refractivity contribution is 0.447. The highest BCUT2D eigenvalue weighted by Crippen LogP contribution is 2.23. The minimum atomic E-state index is 0.632. The van der Waals surface area contributed by atoms with Crippen molar-refractivity contribution in [2.75, 3.05) is 0 Å². The fraction of sp³-hybridized carbons (Fsp3) is 0.889. The first-order chi connectivity index (χ1) is 4.79. The zero-order chi connectivity index (χ0) is 7.40. The minimum Gasteiger partial charge on any atom is -0.307 e. The number of hydrogen-bond acceptors (Lipinski definition) is 1. The second-order valence-corrected chi connectivity index (χ2v) is 3.46. The maximum absolute atomic E-state index is 3.50. The fourth-order valence-corrected chi connectivity index (χ4v) is 1.53. The molecule has 0 aliphatic heterocycles. The van der Waals surface area contributed by atoms with E-state index in [0.717, 1.165) is 0 Å². The molecule has 59 valence electrons. The van der Waals surface area contributed by atoms with Gasteiger partial charge in [-0.15, -0.1) is 0 Å². The van der Waals surface area contributed by atoms with Crippen LogP contribution in [0.5, 0.6) is 0 Å². The molecule has 0 spiro atoms. The van der Waals surface area contributed by atoms with Gasteiger partial charge in [0.05, 0.1) is 0 Å². The molecule has 1 aliphatic rings. The second kappa shape index (κ2) is 3.97. The van der Waals surface area contributed by atoms with Gasteiger partial charge in [0.1, 0.15) is 0 Å². The predicted octanol–water partition coefficient (Wildman–Crippen LogP) is 2.48. The third-order valence-corrected chi connectivity index (χ3v) is 1.95. The Hall–Kier alpha value is -0.0400. The lowest BCUT2D eigenvalue weighted by Crippen LogP contribution is -2.29. The van der Waals surface area contributed by atoms with Gasteiger partial charge in [0, 0.05) is 12.1 Å². The average molecular weight is 140 g/mol. The summed E-state index contributed by atoms with van der Waals surface area (Å²) in [7, 11) is 0. The van der Waals surface area contributed by atoms with Crippen LogP contribution in [0.3, 0.4) is 0 Å². The zero-order valence-corrected chi connectivity index (χ0v) is 7.11. The SMILES string of the molecule is CC(C)N[C]1CCCCC1. The molecule has 1 nitrogen and oxygen atoms in total. The molecule has 1 N–H and O–H groups in total. The Morgan fingerprint density at radius 2 is 1.70 bits per heavy atom. The zero-order valence-electron chi connectivity index (χ0n) is 7.11. The van der Waals surface area contributed by atoms with Crippen molar-refractivity contribution in [3.05, 3.63) is 6.04 Å². The van der Waals surface area contributed by atoms with Gasteiger partial charge in [-0.25, -0.2) is 0 Å². The summed E-state index contributed by atoms with van der Waals surface area (Å²) in [5, 5.41) is 3.50. The third kappa shape index (κ3) is 2.70. The highest BCUT2D eigenvalue weighted by molar-refractivity contribution is 4.90. The Morgan fingerprint density at radius 1 is 1.10 bits per heavy atom. The molecule has 1 rings (SSSR count). The van der Waals surface area contributed by atoms with E-state index >= 15 is 0 Å². The third-order valence-electron chi connectivity index (χ3n) is 1.95. The number of rotatable bonds is 2. The molecule has 1 fully saturated rings. The van der Waals surface area contributed by atoms with Crippen molar-refractivity contribution < 1.29 is 0 Å². The van der Waals surface area contributed by atoms with Gasteiger partial charge < -0.3 is 5.32 Å². The van der Waals surface area contributed by atoms with E-state index < -0.39 is 0 Å². The minimum absolute atomic E-state index is 0.632. The van der Waals surface area contributed by atoms with Gasteiger partial charge in [-0.2, -0.15) is 0 Å². The van der Waals surface area contributed by atoms with Gasteiger partial charge in [-0.05, 0) is 12.8 Å². The first-order valence-corrected chi connectivity index (χ1v) is 4.40. The molecule has 0 amide bonds. The smallest absolute Gasteiger partial charge is 0.0366 e. The standard InChI is InChI=1S/C9H18N/c1-8(2)10-9-6-4-3-5-7-9/h8,10H,3-7H2,1-2H3. The lowest BCUT2D eigenvalue weighted by Gasteiger charge is -2.23. The molecular formula is C9H18N. The van der Waals surface area contributed by atoms with Crippen molar-refractivity contribution in [2.24, 2.45) is 0 Å². The first-order valence-electron chi connectivity index (χ1n) is 4.40. The molecule has 1 heteroatoms. The quantitative estimate of drug-likeness (QED) is 0.621. The summed E-state index contributed by atoms with van der Waals surface area (Å²) in [6.07, 6.45) is 6.86. The summed E-state index contributed by atoms with van der Waals surface area (Å²) >= 11 is 0. The molecule has 0 unspecified atom stereocenters. The van der Waals surface area contributed by atoms with Crippen LogP contribution in [0.2, 0.25) is 0 Å². The summed E-state index contributed by atoms with van der Waals surface area (Å²) in [5.74, 6) is 0. The van der Waals surface area contributed by atoms with Crippen molar-refractivity contribution >= 4 is 0 Å². The molecule has 10 heavy (non-hydrogen) atoms. The van der Waals surface area contributed by atoms with Crippen LogP contribution in [0.25, 0.3) is 0 Å². The predicted molar refractivity (Wildman–Crippen MR) is 44.6 cm³/mol. The highest BCUT2D eigenvalue weighted by atomic mass is 14.9. The van der Waals surface area contributed by atoms with Crippen molar-refractivity contribution in [2.45, 2.75) is 52.0 Å². The molecule has 0 bridgehead atoms. The Kier molecular flexibility index (Phi) is 3.20. The molecule has 0 aromatic heterocycles.